The Hall–Kier alpha value is -2.33. The van der Waals surface area contributed by atoms with E-state index in [9.17, 15) is 9.90 Å². The summed E-state index contributed by atoms with van der Waals surface area (Å²) in [5.74, 6) is 1.84. The van der Waals surface area contributed by atoms with Crippen molar-refractivity contribution in [2.45, 2.75) is 47.1 Å². The van der Waals surface area contributed by atoms with E-state index in [1.807, 2.05) is 46.8 Å². The van der Waals surface area contributed by atoms with E-state index >= 15 is 0 Å². The molecule has 2 rings (SSSR count). The van der Waals surface area contributed by atoms with Crippen molar-refractivity contribution in [2.24, 2.45) is 0 Å². The molecule has 2 aromatic rings. The molecule has 1 atom stereocenters. The van der Waals surface area contributed by atoms with E-state index in [1.165, 1.54) is 0 Å². The smallest absolute Gasteiger partial charge is 0.137 e. The second kappa shape index (κ2) is 8.17. The Morgan fingerprint density at radius 3 is 2.08 bits per heavy atom. The van der Waals surface area contributed by atoms with Gasteiger partial charge in [0.1, 0.15) is 23.5 Å². The lowest BCUT2D eigenvalue weighted by molar-refractivity contribution is -0.109. The number of benzene rings is 2. The third-order valence-corrected chi connectivity index (χ3v) is 4.29. The van der Waals surface area contributed by atoms with Gasteiger partial charge in [-0.15, -0.1) is 0 Å². The van der Waals surface area contributed by atoms with Crippen LogP contribution in [0.15, 0.2) is 24.3 Å². The second-order valence-corrected chi connectivity index (χ2v) is 6.57. The number of ether oxygens (including phenoxy) is 1. The number of phenolic OH excluding ortho intramolecular Hbond substituents is 1. The predicted molar refractivity (Wildman–Crippen MR) is 101 cm³/mol. The highest BCUT2D eigenvalue weighted by Gasteiger charge is 2.13. The third-order valence-electron chi connectivity index (χ3n) is 4.29. The molecule has 25 heavy (non-hydrogen) atoms. The molecule has 0 aromatic heterocycles. The fraction of sp³-hybridized carbons (Fsp3) is 0.381. The Kier molecular flexibility index (Phi) is 6.21. The van der Waals surface area contributed by atoms with Crippen LogP contribution in [0.1, 0.15) is 34.7 Å². The highest BCUT2D eigenvalue weighted by atomic mass is 16.5. The lowest BCUT2D eigenvalue weighted by atomic mass is 10.0. The van der Waals surface area contributed by atoms with Crippen LogP contribution in [0, 0.1) is 27.7 Å². The molecule has 4 nitrogen and oxygen atoms in total. The molecule has 0 aliphatic rings. The number of phenols is 1. The second-order valence-electron chi connectivity index (χ2n) is 6.57. The van der Waals surface area contributed by atoms with E-state index in [2.05, 4.69) is 17.4 Å². The number of carbonyl (C=O) groups is 1. The van der Waals surface area contributed by atoms with Gasteiger partial charge in [-0.2, -0.15) is 0 Å². The molecule has 0 saturated carbocycles. The minimum absolute atomic E-state index is 0.169. The molecule has 0 saturated heterocycles. The van der Waals surface area contributed by atoms with Crippen molar-refractivity contribution in [1.29, 1.82) is 0 Å². The van der Waals surface area contributed by atoms with Gasteiger partial charge in [-0.3, -0.25) is 0 Å². The summed E-state index contributed by atoms with van der Waals surface area (Å²) in [6.45, 7) is 10.5. The molecule has 4 heteroatoms. The highest BCUT2D eigenvalue weighted by Crippen LogP contribution is 2.33. The lowest BCUT2D eigenvalue weighted by Crippen LogP contribution is -2.32. The van der Waals surface area contributed by atoms with Gasteiger partial charge in [0.05, 0.1) is 6.04 Å². The van der Waals surface area contributed by atoms with E-state index in [4.69, 9.17) is 4.74 Å². The number of hydrogen-bond donors (Lipinski definition) is 2. The van der Waals surface area contributed by atoms with Crippen molar-refractivity contribution in [3.8, 4) is 17.2 Å². The van der Waals surface area contributed by atoms with Gasteiger partial charge >= 0.3 is 0 Å². The van der Waals surface area contributed by atoms with Gasteiger partial charge in [-0.25, -0.2) is 0 Å². The van der Waals surface area contributed by atoms with Crippen molar-refractivity contribution in [2.75, 3.05) is 6.54 Å². The third kappa shape index (κ3) is 4.60. The number of aldehydes is 1. The summed E-state index contributed by atoms with van der Waals surface area (Å²) < 4.78 is 6.09. The summed E-state index contributed by atoms with van der Waals surface area (Å²) in [4.78, 5) is 11.2. The van der Waals surface area contributed by atoms with E-state index in [0.717, 1.165) is 46.4 Å². The quantitative estimate of drug-likeness (QED) is 0.743. The van der Waals surface area contributed by atoms with Crippen molar-refractivity contribution < 1.29 is 14.6 Å². The number of likely N-dealkylation sites (N-methyl/N-ethyl adjacent to an activating group) is 1. The maximum absolute atomic E-state index is 11.2. The van der Waals surface area contributed by atoms with Gasteiger partial charge in [0, 0.05) is 0 Å². The fourth-order valence-electron chi connectivity index (χ4n) is 3.10. The monoisotopic (exact) mass is 341 g/mol. The van der Waals surface area contributed by atoms with Crippen LogP contribution >= 0.6 is 0 Å². The average molecular weight is 341 g/mol. The van der Waals surface area contributed by atoms with Crippen LogP contribution < -0.4 is 10.1 Å². The number of nitrogens with one attached hydrogen (secondary N) is 1. The van der Waals surface area contributed by atoms with Crippen LogP contribution in [0.4, 0.5) is 0 Å². The molecule has 0 aliphatic heterocycles. The van der Waals surface area contributed by atoms with Crippen LogP contribution in [0.25, 0.3) is 0 Å². The summed E-state index contributed by atoms with van der Waals surface area (Å²) in [7, 11) is 0. The maximum atomic E-state index is 11.2. The lowest BCUT2D eigenvalue weighted by Gasteiger charge is -2.17. The van der Waals surface area contributed by atoms with Gasteiger partial charge in [-0.1, -0.05) is 19.1 Å². The van der Waals surface area contributed by atoms with E-state index in [-0.39, 0.29) is 6.04 Å². The average Bonchev–Trinajstić information content (AvgIpc) is 2.55. The normalized spacial score (nSPS) is 12.0. The molecule has 0 bridgehead atoms. The highest BCUT2D eigenvalue weighted by molar-refractivity contribution is 5.59. The largest absolute Gasteiger partial charge is 0.507 e. The van der Waals surface area contributed by atoms with Crippen molar-refractivity contribution in [3.63, 3.8) is 0 Å². The molecule has 134 valence electrons. The Labute approximate surface area is 149 Å². The Morgan fingerprint density at radius 2 is 1.60 bits per heavy atom. The van der Waals surface area contributed by atoms with E-state index in [1.54, 1.807) is 0 Å². The number of aryl methyl sites for hydroxylation is 4. The number of rotatable bonds is 7. The van der Waals surface area contributed by atoms with Crippen molar-refractivity contribution in [3.05, 3.63) is 52.1 Å². The fourth-order valence-corrected chi connectivity index (χ4v) is 3.10. The molecule has 0 spiro atoms. The van der Waals surface area contributed by atoms with Crippen LogP contribution in [0.2, 0.25) is 0 Å². The molecular weight excluding hydrogens is 314 g/mol. The molecule has 0 radical (unpaired) electrons. The number of aromatic hydroxyl groups is 1. The molecule has 0 aliphatic carbocycles. The molecular formula is C21H27NO3. The Balaban J connectivity index is 2.27. The zero-order valence-electron chi connectivity index (χ0n) is 15.6. The summed E-state index contributed by atoms with van der Waals surface area (Å²) in [6, 6.07) is 7.64. The Bertz CT molecular complexity index is 722. The van der Waals surface area contributed by atoms with Crippen LogP contribution in [0.5, 0.6) is 17.2 Å². The summed E-state index contributed by atoms with van der Waals surface area (Å²) in [5, 5.41) is 13.1. The minimum Gasteiger partial charge on any atom is -0.507 e. The first-order valence-electron chi connectivity index (χ1n) is 8.62. The van der Waals surface area contributed by atoms with Crippen LogP contribution in [-0.2, 0) is 11.2 Å². The SMILES string of the molecule is CCNC(C=O)Cc1cc(C)c(Oc2cc(C)c(O)c(C)c2)c(C)c1. The van der Waals surface area contributed by atoms with Crippen LogP contribution in [-0.4, -0.2) is 24.0 Å². The van der Waals surface area contributed by atoms with E-state index < -0.39 is 0 Å². The van der Waals surface area contributed by atoms with Gasteiger partial charge in [-0.05, 0) is 80.6 Å². The standard InChI is InChI=1S/C21H27NO3/c1-6-22-18(12-23)11-17-7-15(4)21(16(5)8-17)25-19-9-13(2)20(24)14(3)10-19/h7-10,12,18,22,24H,6,11H2,1-5H3. The first-order chi connectivity index (χ1) is 11.8. The minimum atomic E-state index is -0.169. The Morgan fingerprint density at radius 1 is 1.04 bits per heavy atom. The van der Waals surface area contributed by atoms with Crippen molar-refractivity contribution >= 4 is 6.29 Å². The predicted octanol–water partition coefficient (Wildman–Crippen LogP) is 4.14. The zero-order valence-corrected chi connectivity index (χ0v) is 15.6. The van der Waals surface area contributed by atoms with Gasteiger partial charge in [0.2, 0.25) is 0 Å². The zero-order chi connectivity index (χ0) is 18.6. The molecule has 0 fully saturated rings. The first kappa shape index (κ1) is 19.0. The topological polar surface area (TPSA) is 58.6 Å². The van der Waals surface area contributed by atoms with Crippen LogP contribution in [0.3, 0.4) is 0 Å². The number of hydrogen-bond acceptors (Lipinski definition) is 4. The summed E-state index contributed by atoms with van der Waals surface area (Å²) >= 11 is 0. The van der Waals surface area contributed by atoms with Gasteiger partial charge in [0.25, 0.3) is 0 Å². The molecule has 1 unspecified atom stereocenters. The molecule has 2 N–H and O–H groups in total. The molecule has 0 amide bonds. The summed E-state index contributed by atoms with van der Waals surface area (Å²) in [5.41, 5.74) is 4.75. The van der Waals surface area contributed by atoms with E-state index in [0.29, 0.717) is 17.9 Å². The summed E-state index contributed by atoms with van der Waals surface area (Å²) in [6.07, 6.45) is 1.62. The molecule has 2 aromatic carbocycles. The maximum Gasteiger partial charge on any atom is 0.137 e. The first-order valence-corrected chi connectivity index (χ1v) is 8.62. The van der Waals surface area contributed by atoms with Crippen molar-refractivity contribution in [1.82, 2.24) is 5.32 Å². The van der Waals surface area contributed by atoms with Gasteiger partial charge < -0.3 is 20.0 Å². The molecule has 0 heterocycles. The number of carbonyl (C=O) groups excluding carboxylic acids is 1. The van der Waals surface area contributed by atoms with Gasteiger partial charge in [0.15, 0.2) is 0 Å².